The number of anilines is 2. The number of benzene rings is 2. The Kier molecular flexibility index (Phi) is 9.99. The summed E-state index contributed by atoms with van der Waals surface area (Å²) in [5.74, 6) is 0.502. The highest BCUT2D eigenvalue weighted by molar-refractivity contribution is 5.96. The maximum absolute atomic E-state index is 13.3. The number of aromatic nitrogens is 3. The van der Waals surface area contributed by atoms with Crippen molar-refractivity contribution in [3.8, 4) is 17.0 Å². The number of piperazine rings is 1. The number of alkyl halides is 2. The minimum absolute atomic E-state index is 0. The van der Waals surface area contributed by atoms with Crippen molar-refractivity contribution in [3.63, 3.8) is 0 Å². The Morgan fingerprint density at radius 1 is 1.05 bits per heavy atom. The Morgan fingerprint density at radius 3 is 2.40 bits per heavy atom. The highest BCUT2D eigenvalue weighted by atomic mass is 35.5. The fraction of sp³-hybridized carbons (Fsp3) is 0.310. The molecule has 0 saturated carbocycles. The molecule has 4 N–H and O–H groups in total. The van der Waals surface area contributed by atoms with Gasteiger partial charge in [-0.3, -0.25) is 9.20 Å². The van der Waals surface area contributed by atoms with Gasteiger partial charge in [-0.05, 0) is 61.9 Å². The molecule has 43 heavy (non-hydrogen) atoms. The van der Waals surface area contributed by atoms with Crippen LogP contribution in [0.3, 0.4) is 0 Å². The molecule has 0 aliphatic carbocycles. The monoisotopic (exact) mass is 614 g/mol. The average molecular weight is 615 g/mol. The van der Waals surface area contributed by atoms with E-state index >= 15 is 0 Å². The van der Waals surface area contributed by atoms with Gasteiger partial charge in [-0.25, -0.2) is 14.8 Å². The highest BCUT2D eigenvalue weighted by Gasteiger charge is 2.26. The van der Waals surface area contributed by atoms with Crippen molar-refractivity contribution in [3.05, 3.63) is 72.2 Å². The third-order valence-corrected chi connectivity index (χ3v) is 6.95. The molecule has 2 aromatic heterocycles. The van der Waals surface area contributed by atoms with Gasteiger partial charge in [0.25, 0.3) is 5.91 Å². The normalized spacial score (nSPS) is 13.9. The number of hydrogen-bond acceptors (Lipinski definition) is 7. The lowest BCUT2D eigenvalue weighted by molar-refractivity contribution is -0.0498. The van der Waals surface area contributed by atoms with Crippen LogP contribution in [0.2, 0.25) is 0 Å². The molecule has 11 nitrogen and oxygen atoms in total. The van der Waals surface area contributed by atoms with Crippen molar-refractivity contribution in [1.82, 2.24) is 29.5 Å². The number of urea groups is 1. The molecular formula is C29H33ClF2N8O3. The first-order chi connectivity index (χ1) is 20.2. The number of nitrogens with one attached hydrogen (secondary N) is 2. The Hall–Kier alpha value is -4.49. The van der Waals surface area contributed by atoms with Gasteiger partial charge in [0.1, 0.15) is 5.75 Å². The number of hydrogen-bond donors (Lipinski definition) is 3. The quantitative estimate of drug-likeness (QED) is 0.270. The maximum atomic E-state index is 13.3. The number of amides is 3. The van der Waals surface area contributed by atoms with Crippen LogP contribution in [0.4, 0.5) is 25.1 Å². The van der Waals surface area contributed by atoms with Crippen LogP contribution in [0.15, 0.2) is 61.1 Å². The first-order valence-corrected chi connectivity index (χ1v) is 13.5. The van der Waals surface area contributed by atoms with Gasteiger partial charge >= 0.3 is 12.6 Å². The van der Waals surface area contributed by atoms with Crippen LogP contribution in [-0.2, 0) is 0 Å². The van der Waals surface area contributed by atoms with Crippen molar-refractivity contribution < 1.29 is 23.1 Å². The molecule has 5 rings (SSSR count). The Labute approximate surface area is 253 Å². The molecule has 14 heteroatoms. The molecule has 228 valence electrons. The van der Waals surface area contributed by atoms with Crippen LogP contribution in [0, 0.1) is 6.92 Å². The number of aryl methyl sites for hydroxylation is 1. The van der Waals surface area contributed by atoms with E-state index in [2.05, 4.69) is 25.3 Å². The van der Waals surface area contributed by atoms with Crippen LogP contribution in [0.5, 0.6) is 5.75 Å². The molecule has 1 saturated heterocycles. The minimum atomic E-state index is -2.89. The molecule has 0 radical (unpaired) electrons. The zero-order valence-corrected chi connectivity index (χ0v) is 24.5. The molecule has 3 amide bonds. The lowest BCUT2D eigenvalue weighted by Crippen LogP contribution is -2.54. The molecule has 0 unspecified atom stereocenters. The Morgan fingerprint density at radius 2 is 1.74 bits per heavy atom. The van der Waals surface area contributed by atoms with E-state index in [0.29, 0.717) is 49.8 Å². The van der Waals surface area contributed by atoms with Crippen molar-refractivity contribution in [1.29, 1.82) is 0 Å². The molecule has 4 aromatic rings. The molecule has 3 heterocycles. The molecule has 1 aliphatic rings. The van der Waals surface area contributed by atoms with E-state index in [9.17, 15) is 18.4 Å². The van der Waals surface area contributed by atoms with Crippen LogP contribution in [-0.4, -0.2) is 81.5 Å². The van der Waals surface area contributed by atoms with Crippen LogP contribution < -0.4 is 21.1 Å². The van der Waals surface area contributed by atoms with Crippen molar-refractivity contribution >= 4 is 41.5 Å². The van der Waals surface area contributed by atoms with E-state index < -0.39 is 6.61 Å². The maximum Gasteiger partial charge on any atom is 0.387 e. The molecule has 2 aromatic carbocycles. The van der Waals surface area contributed by atoms with Gasteiger partial charge < -0.3 is 30.9 Å². The third kappa shape index (κ3) is 7.30. The van der Waals surface area contributed by atoms with Crippen molar-refractivity contribution in [2.75, 3.05) is 38.0 Å². The van der Waals surface area contributed by atoms with E-state index in [1.54, 1.807) is 46.6 Å². The SMILES string of the molecule is Cc1cc(Nc2nccn3c(-c4ccc(OC(F)F)cc4)cnc23)ccc1C(=O)N1CCN(C(=O)NC[C@@H](C)N)CC1.Cl. The number of halogens is 3. The van der Waals surface area contributed by atoms with E-state index in [4.69, 9.17) is 5.73 Å². The number of carbonyl (C=O) groups is 2. The molecular weight excluding hydrogens is 582 g/mol. The van der Waals surface area contributed by atoms with Gasteiger partial charge in [-0.15, -0.1) is 12.4 Å². The van der Waals surface area contributed by atoms with Gasteiger partial charge in [-0.2, -0.15) is 8.78 Å². The second-order valence-electron chi connectivity index (χ2n) is 10.1. The molecule has 0 bridgehead atoms. The number of nitrogens with zero attached hydrogens (tertiary/aromatic N) is 5. The standard InChI is InChI=1S/C29H32F2N8O3.ClH/c1-18-15-21(5-8-23(18)27(40)37-11-13-38(14-12-37)29(41)35-16-19(2)32)36-25-26-34-17-24(39(26)10-9-33-25)20-3-6-22(7-4-20)42-28(30)31;/h3-10,15,17,19,28H,11-14,16,32H2,1-2H3,(H,33,36)(H,35,41);1H/t19-;/m1./s1. The summed E-state index contributed by atoms with van der Waals surface area (Å²) in [5, 5.41) is 6.09. The largest absolute Gasteiger partial charge is 0.435 e. The summed E-state index contributed by atoms with van der Waals surface area (Å²) in [6.07, 6.45) is 5.08. The smallest absolute Gasteiger partial charge is 0.387 e. The van der Waals surface area contributed by atoms with Gasteiger partial charge in [-0.1, -0.05) is 0 Å². The van der Waals surface area contributed by atoms with E-state index in [1.807, 2.05) is 30.4 Å². The summed E-state index contributed by atoms with van der Waals surface area (Å²) in [7, 11) is 0. The predicted octanol–water partition coefficient (Wildman–Crippen LogP) is 4.29. The first kappa shape index (κ1) is 31.4. The third-order valence-electron chi connectivity index (χ3n) is 6.95. The number of rotatable bonds is 8. The van der Waals surface area contributed by atoms with E-state index in [1.165, 1.54) is 12.1 Å². The number of ether oxygens (including phenoxy) is 1. The van der Waals surface area contributed by atoms with Gasteiger partial charge in [0.15, 0.2) is 11.5 Å². The van der Waals surface area contributed by atoms with E-state index in [-0.39, 0.29) is 36.1 Å². The zero-order chi connectivity index (χ0) is 29.8. The zero-order valence-electron chi connectivity index (χ0n) is 23.7. The first-order valence-electron chi connectivity index (χ1n) is 13.5. The molecule has 1 aliphatic heterocycles. The number of fused-ring (bicyclic) bond motifs is 1. The summed E-state index contributed by atoms with van der Waals surface area (Å²) in [5.41, 5.74) is 9.92. The predicted molar refractivity (Wildman–Crippen MR) is 161 cm³/mol. The summed E-state index contributed by atoms with van der Waals surface area (Å²) in [4.78, 5) is 38.0. The lowest BCUT2D eigenvalue weighted by Gasteiger charge is -2.35. The van der Waals surface area contributed by atoms with Gasteiger partial charge in [0.05, 0.1) is 11.9 Å². The van der Waals surface area contributed by atoms with Crippen LogP contribution in [0.25, 0.3) is 16.9 Å². The second kappa shape index (κ2) is 13.7. The molecule has 0 spiro atoms. The summed E-state index contributed by atoms with van der Waals surface area (Å²) in [6.45, 7) is 3.00. The lowest BCUT2D eigenvalue weighted by atomic mass is 10.1. The van der Waals surface area contributed by atoms with Gasteiger partial charge in [0.2, 0.25) is 0 Å². The van der Waals surface area contributed by atoms with E-state index in [0.717, 1.165) is 22.5 Å². The van der Waals surface area contributed by atoms with Crippen LogP contribution >= 0.6 is 12.4 Å². The molecule has 1 fully saturated rings. The number of nitrogens with two attached hydrogens (primary N) is 1. The molecule has 1 atom stereocenters. The topological polar surface area (TPSA) is 130 Å². The summed E-state index contributed by atoms with van der Waals surface area (Å²) < 4.78 is 31.3. The summed E-state index contributed by atoms with van der Waals surface area (Å²) in [6, 6.07) is 11.5. The average Bonchev–Trinajstić information content (AvgIpc) is 3.41. The number of carbonyl (C=O) groups excluding carboxylic acids is 2. The van der Waals surface area contributed by atoms with Gasteiger partial charge in [0, 0.05) is 68.0 Å². The fourth-order valence-electron chi connectivity index (χ4n) is 4.79. The number of imidazole rings is 1. The summed E-state index contributed by atoms with van der Waals surface area (Å²) >= 11 is 0. The van der Waals surface area contributed by atoms with Crippen molar-refractivity contribution in [2.45, 2.75) is 26.5 Å². The van der Waals surface area contributed by atoms with Crippen LogP contribution in [0.1, 0.15) is 22.8 Å². The highest BCUT2D eigenvalue weighted by Crippen LogP contribution is 2.28. The minimum Gasteiger partial charge on any atom is -0.435 e. The fourth-order valence-corrected chi connectivity index (χ4v) is 4.79. The second-order valence-corrected chi connectivity index (χ2v) is 10.1. The van der Waals surface area contributed by atoms with Crippen molar-refractivity contribution in [2.24, 2.45) is 5.73 Å². The Bertz CT molecular complexity index is 1570. The Balaban J connectivity index is 0.00000423.